The van der Waals surface area contributed by atoms with E-state index in [0.717, 1.165) is 33.6 Å². The highest BCUT2D eigenvalue weighted by Crippen LogP contribution is 2.36. The number of fused-ring (bicyclic) bond motifs is 1. The number of alkyl halides is 3. The van der Waals surface area contributed by atoms with Crippen molar-refractivity contribution >= 4 is 28.2 Å². The van der Waals surface area contributed by atoms with E-state index in [-0.39, 0.29) is 12.6 Å². The van der Waals surface area contributed by atoms with Crippen molar-refractivity contribution in [2.24, 2.45) is 0 Å². The largest absolute Gasteiger partial charge is 0.485 e. The fraction of sp³-hybridized carbons (Fsp3) is 0.217. The molecule has 5 nitrogen and oxygen atoms in total. The SMILES string of the molecule is Cc1nc(-c2ccc(C(F)(F)F)cc2)sc1C(C)Oc1ccc2ccn(CC(=O)O)c2c1. The molecule has 0 aliphatic rings. The fourth-order valence-corrected chi connectivity index (χ4v) is 4.54. The van der Waals surface area contributed by atoms with Crippen LogP contribution in [0.4, 0.5) is 13.2 Å². The molecule has 1 N–H and O–H groups in total. The number of benzene rings is 2. The van der Waals surface area contributed by atoms with Gasteiger partial charge in [-0.1, -0.05) is 12.1 Å². The van der Waals surface area contributed by atoms with Gasteiger partial charge in [-0.05, 0) is 49.6 Å². The molecule has 2 aromatic carbocycles. The molecule has 1 atom stereocenters. The van der Waals surface area contributed by atoms with E-state index in [0.29, 0.717) is 16.3 Å². The van der Waals surface area contributed by atoms with Crippen LogP contribution in [0.2, 0.25) is 0 Å². The lowest BCUT2D eigenvalue weighted by atomic mass is 10.1. The summed E-state index contributed by atoms with van der Waals surface area (Å²) < 4.78 is 46.1. The lowest BCUT2D eigenvalue weighted by Crippen LogP contribution is -2.07. The third-order valence-electron chi connectivity index (χ3n) is 5.02. The Morgan fingerprint density at radius 3 is 2.56 bits per heavy atom. The third kappa shape index (κ3) is 4.47. The maximum Gasteiger partial charge on any atom is 0.416 e. The first-order chi connectivity index (χ1) is 15.1. The first kappa shape index (κ1) is 21.9. The Balaban J connectivity index is 1.56. The first-order valence-electron chi connectivity index (χ1n) is 9.74. The van der Waals surface area contributed by atoms with E-state index >= 15 is 0 Å². The van der Waals surface area contributed by atoms with E-state index in [1.54, 1.807) is 16.8 Å². The van der Waals surface area contributed by atoms with Gasteiger partial charge in [-0.3, -0.25) is 4.79 Å². The van der Waals surface area contributed by atoms with Crippen LogP contribution in [0, 0.1) is 6.92 Å². The number of hydrogen-bond acceptors (Lipinski definition) is 4. The van der Waals surface area contributed by atoms with Crippen LogP contribution in [-0.2, 0) is 17.5 Å². The minimum atomic E-state index is -4.38. The van der Waals surface area contributed by atoms with Crippen molar-refractivity contribution in [3.05, 3.63) is 70.9 Å². The zero-order valence-electron chi connectivity index (χ0n) is 17.2. The first-order valence-corrected chi connectivity index (χ1v) is 10.6. The summed E-state index contributed by atoms with van der Waals surface area (Å²) in [6, 6.07) is 12.2. The summed E-state index contributed by atoms with van der Waals surface area (Å²) in [7, 11) is 0. The van der Waals surface area contributed by atoms with Gasteiger partial charge in [0.2, 0.25) is 0 Å². The van der Waals surface area contributed by atoms with Crippen LogP contribution < -0.4 is 4.74 Å². The van der Waals surface area contributed by atoms with Crippen LogP contribution in [0.5, 0.6) is 5.75 Å². The second-order valence-corrected chi connectivity index (χ2v) is 8.39. The smallest absolute Gasteiger partial charge is 0.416 e. The highest BCUT2D eigenvalue weighted by atomic mass is 32.1. The van der Waals surface area contributed by atoms with E-state index in [4.69, 9.17) is 9.84 Å². The molecule has 0 spiro atoms. The van der Waals surface area contributed by atoms with Crippen LogP contribution >= 0.6 is 11.3 Å². The normalized spacial score (nSPS) is 12.8. The Bertz CT molecular complexity index is 1280. The number of carboxylic acid groups (broad SMARTS) is 1. The van der Waals surface area contributed by atoms with Crippen LogP contribution in [0.25, 0.3) is 21.5 Å². The molecule has 9 heteroatoms. The quantitative estimate of drug-likeness (QED) is 0.366. The summed E-state index contributed by atoms with van der Waals surface area (Å²) in [5.41, 5.74) is 1.41. The number of carbonyl (C=O) groups is 1. The third-order valence-corrected chi connectivity index (χ3v) is 6.39. The minimum absolute atomic E-state index is 0.146. The van der Waals surface area contributed by atoms with Crippen molar-refractivity contribution in [1.29, 1.82) is 0 Å². The molecule has 0 radical (unpaired) electrons. The lowest BCUT2D eigenvalue weighted by Gasteiger charge is -2.14. The molecule has 0 saturated carbocycles. The maximum atomic E-state index is 12.8. The van der Waals surface area contributed by atoms with Crippen LogP contribution in [0.3, 0.4) is 0 Å². The van der Waals surface area contributed by atoms with E-state index in [2.05, 4.69) is 4.98 Å². The van der Waals surface area contributed by atoms with Crippen LogP contribution in [0.15, 0.2) is 54.7 Å². The zero-order chi connectivity index (χ0) is 23.0. The minimum Gasteiger partial charge on any atom is -0.485 e. The topological polar surface area (TPSA) is 64.4 Å². The van der Waals surface area contributed by atoms with Crippen molar-refractivity contribution in [3.63, 3.8) is 0 Å². The predicted octanol–water partition coefficient (Wildman–Crippen LogP) is 6.32. The summed E-state index contributed by atoms with van der Waals surface area (Å²) in [6.07, 6.45) is -3.01. The number of hydrogen-bond donors (Lipinski definition) is 1. The summed E-state index contributed by atoms with van der Waals surface area (Å²) in [5, 5.41) is 10.6. The van der Waals surface area contributed by atoms with Crippen molar-refractivity contribution in [2.75, 3.05) is 0 Å². The molecule has 4 rings (SSSR count). The van der Waals surface area contributed by atoms with Crippen molar-refractivity contribution in [2.45, 2.75) is 32.7 Å². The van der Waals surface area contributed by atoms with Gasteiger partial charge < -0.3 is 14.4 Å². The van der Waals surface area contributed by atoms with Gasteiger partial charge in [-0.15, -0.1) is 11.3 Å². The Labute approximate surface area is 185 Å². The fourth-order valence-electron chi connectivity index (χ4n) is 3.49. The average Bonchev–Trinajstić information content (AvgIpc) is 3.30. The summed E-state index contributed by atoms with van der Waals surface area (Å²) >= 11 is 1.37. The molecule has 0 amide bonds. The number of aryl methyl sites for hydroxylation is 1. The molecule has 2 aromatic heterocycles. The van der Waals surface area contributed by atoms with Gasteiger partial charge in [-0.25, -0.2) is 4.98 Å². The Morgan fingerprint density at radius 1 is 1.19 bits per heavy atom. The standard InChI is InChI=1S/C23H19F3N2O3S/c1-13-21(32-22(27-13)16-3-6-17(7-4-16)23(24,25)26)14(2)31-18-8-5-15-9-10-28(12-20(29)30)19(15)11-18/h3-11,14H,12H2,1-2H3,(H,29,30). The molecule has 0 saturated heterocycles. The molecule has 0 aliphatic carbocycles. The number of carboxylic acids is 1. The van der Waals surface area contributed by atoms with Gasteiger partial charge in [0.25, 0.3) is 0 Å². The van der Waals surface area contributed by atoms with Crippen molar-refractivity contribution in [1.82, 2.24) is 9.55 Å². The molecule has 0 fully saturated rings. The van der Waals surface area contributed by atoms with Gasteiger partial charge in [0.15, 0.2) is 0 Å². The monoisotopic (exact) mass is 460 g/mol. The van der Waals surface area contributed by atoms with E-state index in [9.17, 15) is 18.0 Å². The highest BCUT2D eigenvalue weighted by molar-refractivity contribution is 7.15. The number of thiazole rings is 1. The molecular formula is C23H19F3N2O3S. The van der Waals surface area contributed by atoms with Crippen molar-refractivity contribution in [3.8, 4) is 16.3 Å². The molecular weight excluding hydrogens is 441 g/mol. The number of rotatable bonds is 6. The molecule has 32 heavy (non-hydrogen) atoms. The Morgan fingerprint density at radius 2 is 1.91 bits per heavy atom. The second kappa shape index (κ2) is 8.31. The highest BCUT2D eigenvalue weighted by Gasteiger charge is 2.30. The van der Waals surface area contributed by atoms with E-state index < -0.39 is 17.7 Å². The van der Waals surface area contributed by atoms with Gasteiger partial charge in [0.1, 0.15) is 23.4 Å². The molecule has 0 bridgehead atoms. The number of aromatic nitrogens is 2. The molecule has 4 aromatic rings. The second-order valence-electron chi connectivity index (χ2n) is 7.36. The number of ether oxygens (including phenoxy) is 1. The number of halogens is 3. The van der Waals surface area contributed by atoms with Crippen LogP contribution in [0.1, 0.15) is 29.2 Å². The average molecular weight is 460 g/mol. The Hall–Kier alpha value is -3.33. The Kier molecular flexibility index (Phi) is 5.68. The number of nitrogens with zero attached hydrogens (tertiary/aromatic N) is 2. The maximum absolute atomic E-state index is 12.8. The molecule has 0 aliphatic heterocycles. The van der Waals surface area contributed by atoms with Gasteiger partial charge in [0.05, 0.1) is 21.7 Å². The molecule has 166 valence electrons. The summed E-state index contributed by atoms with van der Waals surface area (Å²) in [6.45, 7) is 3.56. The van der Waals surface area contributed by atoms with Gasteiger partial charge in [0, 0.05) is 17.8 Å². The van der Waals surface area contributed by atoms with E-state index in [1.807, 2.05) is 32.0 Å². The van der Waals surface area contributed by atoms with E-state index in [1.165, 1.54) is 23.5 Å². The van der Waals surface area contributed by atoms with Gasteiger partial charge in [-0.2, -0.15) is 13.2 Å². The summed E-state index contributed by atoms with van der Waals surface area (Å²) in [4.78, 5) is 16.4. The predicted molar refractivity (Wildman–Crippen MR) is 116 cm³/mol. The van der Waals surface area contributed by atoms with Gasteiger partial charge >= 0.3 is 12.1 Å². The molecule has 1 unspecified atom stereocenters. The lowest BCUT2D eigenvalue weighted by molar-refractivity contribution is -0.138. The van der Waals surface area contributed by atoms with Crippen LogP contribution in [-0.4, -0.2) is 20.6 Å². The van der Waals surface area contributed by atoms with Crippen molar-refractivity contribution < 1.29 is 27.8 Å². The zero-order valence-corrected chi connectivity index (χ0v) is 18.0. The molecule has 2 heterocycles. The number of aliphatic carboxylic acids is 1. The summed E-state index contributed by atoms with van der Waals surface area (Å²) in [5.74, 6) is -0.350.